The molecule has 2 aromatic rings. The number of nitrogens with zero attached hydrogens (tertiary/aromatic N) is 2. The topological polar surface area (TPSA) is 59.5 Å². The summed E-state index contributed by atoms with van der Waals surface area (Å²) in [5.41, 5.74) is 0. The van der Waals surface area contributed by atoms with E-state index in [1.54, 1.807) is 18.3 Å². The molecule has 0 saturated carbocycles. The molecule has 0 radical (unpaired) electrons. The smallest absolute Gasteiger partial charge is 0.273 e. The van der Waals surface area contributed by atoms with Crippen LogP contribution in [0.1, 0.15) is 0 Å². The van der Waals surface area contributed by atoms with Crippen molar-refractivity contribution in [2.75, 3.05) is 13.1 Å². The van der Waals surface area contributed by atoms with Crippen LogP contribution in [-0.2, 0) is 10.0 Å². The van der Waals surface area contributed by atoms with Crippen molar-refractivity contribution in [2.45, 2.75) is 10.3 Å². The van der Waals surface area contributed by atoms with Gasteiger partial charge in [-0.05, 0) is 28.1 Å². The van der Waals surface area contributed by atoms with E-state index in [4.69, 9.17) is 4.74 Å². The summed E-state index contributed by atoms with van der Waals surface area (Å²) in [6, 6.07) is 3.35. The van der Waals surface area contributed by atoms with E-state index in [1.807, 2.05) is 5.38 Å². The highest BCUT2D eigenvalue weighted by atomic mass is 79.9. The molecule has 1 aliphatic heterocycles. The quantitative estimate of drug-likeness (QED) is 0.816. The molecule has 5 nitrogen and oxygen atoms in total. The third-order valence-corrected chi connectivity index (χ3v) is 7.22. The van der Waals surface area contributed by atoms with Gasteiger partial charge >= 0.3 is 0 Å². The summed E-state index contributed by atoms with van der Waals surface area (Å²) in [6.07, 6.45) is 1.56. The molecule has 0 N–H and O–H groups in total. The lowest BCUT2D eigenvalue weighted by Gasteiger charge is -2.36. The SMILES string of the molecule is O=S(=O)(c1ccc(Br)s1)N1CC(Oc2nccs2)C1. The van der Waals surface area contributed by atoms with E-state index in [-0.39, 0.29) is 6.10 Å². The Hall–Kier alpha value is -0.480. The van der Waals surface area contributed by atoms with Crippen LogP contribution in [-0.4, -0.2) is 36.9 Å². The summed E-state index contributed by atoms with van der Waals surface area (Å²) in [7, 11) is -3.37. The number of hydrogen-bond donors (Lipinski definition) is 0. The maximum atomic E-state index is 12.2. The van der Waals surface area contributed by atoms with Crippen molar-refractivity contribution in [2.24, 2.45) is 0 Å². The van der Waals surface area contributed by atoms with Gasteiger partial charge in [0.15, 0.2) is 0 Å². The average Bonchev–Trinajstić information content (AvgIpc) is 2.93. The van der Waals surface area contributed by atoms with Crippen molar-refractivity contribution in [3.05, 3.63) is 27.5 Å². The number of thiophene rings is 1. The molecular weight excluding hydrogens is 372 g/mol. The highest BCUT2D eigenvalue weighted by Crippen LogP contribution is 2.31. The first-order chi connectivity index (χ1) is 9.05. The van der Waals surface area contributed by atoms with Crippen molar-refractivity contribution >= 4 is 48.6 Å². The second-order valence-electron chi connectivity index (χ2n) is 3.92. The van der Waals surface area contributed by atoms with Crippen LogP contribution >= 0.6 is 38.6 Å². The van der Waals surface area contributed by atoms with Gasteiger partial charge in [0.05, 0.1) is 16.9 Å². The van der Waals surface area contributed by atoms with Crippen LogP contribution < -0.4 is 4.74 Å². The molecule has 0 amide bonds. The molecule has 2 aromatic heterocycles. The van der Waals surface area contributed by atoms with Gasteiger partial charge in [-0.3, -0.25) is 0 Å². The van der Waals surface area contributed by atoms with Crippen LogP contribution in [0.15, 0.2) is 31.7 Å². The monoisotopic (exact) mass is 380 g/mol. The van der Waals surface area contributed by atoms with Crippen molar-refractivity contribution in [1.82, 2.24) is 9.29 Å². The molecule has 1 aliphatic rings. The molecule has 0 spiro atoms. The third-order valence-electron chi connectivity index (χ3n) is 2.63. The van der Waals surface area contributed by atoms with E-state index in [0.29, 0.717) is 22.5 Å². The minimum atomic E-state index is -3.37. The standard InChI is InChI=1S/C10H9BrN2O3S3/c11-8-1-2-9(18-8)19(14,15)13-5-7(6-13)16-10-12-3-4-17-10/h1-4,7H,5-6H2. The number of sulfonamides is 1. The largest absolute Gasteiger partial charge is 0.464 e. The van der Waals surface area contributed by atoms with Gasteiger partial charge < -0.3 is 4.74 Å². The number of thiazole rings is 1. The Kier molecular flexibility index (Phi) is 3.65. The zero-order valence-corrected chi connectivity index (χ0v) is 13.6. The molecule has 0 bridgehead atoms. The van der Waals surface area contributed by atoms with E-state index in [0.717, 1.165) is 3.79 Å². The lowest BCUT2D eigenvalue weighted by molar-refractivity contribution is 0.0761. The van der Waals surface area contributed by atoms with E-state index in [9.17, 15) is 8.42 Å². The normalized spacial score (nSPS) is 17.3. The first kappa shape index (κ1) is 13.5. The molecule has 1 saturated heterocycles. The summed E-state index contributed by atoms with van der Waals surface area (Å²) in [5.74, 6) is 0. The van der Waals surface area contributed by atoms with Gasteiger partial charge in [-0.25, -0.2) is 13.4 Å². The Morgan fingerprint density at radius 3 is 2.79 bits per heavy atom. The minimum Gasteiger partial charge on any atom is -0.464 e. The van der Waals surface area contributed by atoms with E-state index in [1.165, 1.54) is 27.0 Å². The lowest BCUT2D eigenvalue weighted by Crippen LogP contribution is -2.55. The molecule has 1 fully saturated rings. The first-order valence-electron chi connectivity index (χ1n) is 5.37. The number of hydrogen-bond acceptors (Lipinski definition) is 6. The van der Waals surface area contributed by atoms with Gasteiger partial charge in [0.1, 0.15) is 10.3 Å². The zero-order valence-electron chi connectivity index (χ0n) is 9.52. The molecule has 9 heteroatoms. The number of halogens is 1. The van der Waals surface area contributed by atoms with E-state index in [2.05, 4.69) is 20.9 Å². The predicted molar refractivity (Wildman–Crippen MR) is 77.3 cm³/mol. The van der Waals surface area contributed by atoms with E-state index >= 15 is 0 Å². The molecule has 19 heavy (non-hydrogen) atoms. The number of ether oxygens (including phenoxy) is 1. The minimum absolute atomic E-state index is 0.107. The summed E-state index contributed by atoms with van der Waals surface area (Å²) in [5, 5.41) is 2.41. The highest BCUT2D eigenvalue weighted by molar-refractivity contribution is 9.11. The van der Waals surface area contributed by atoms with Crippen molar-refractivity contribution in [3.8, 4) is 5.19 Å². The Labute approximate surface area is 127 Å². The predicted octanol–water partition coefficient (Wildman–Crippen LogP) is 2.42. The Morgan fingerprint density at radius 2 is 2.21 bits per heavy atom. The molecule has 0 atom stereocenters. The second-order valence-corrected chi connectivity index (χ2v) is 9.40. The molecule has 3 heterocycles. The maximum Gasteiger partial charge on any atom is 0.273 e. The Morgan fingerprint density at radius 1 is 1.42 bits per heavy atom. The van der Waals surface area contributed by atoms with Crippen LogP contribution in [0.5, 0.6) is 5.19 Å². The second kappa shape index (κ2) is 5.13. The summed E-state index contributed by atoms with van der Waals surface area (Å²) < 4.78 is 32.6. The van der Waals surface area contributed by atoms with Crippen molar-refractivity contribution in [1.29, 1.82) is 0 Å². The molecule has 0 aliphatic carbocycles. The van der Waals surface area contributed by atoms with Crippen LogP contribution in [0.3, 0.4) is 0 Å². The average molecular weight is 381 g/mol. The number of aromatic nitrogens is 1. The maximum absolute atomic E-state index is 12.2. The highest BCUT2D eigenvalue weighted by Gasteiger charge is 2.39. The van der Waals surface area contributed by atoms with Gasteiger partial charge in [0.2, 0.25) is 0 Å². The third kappa shape index (κ3) is 2.70. The molecule has 0 unspecified atom stereocenters. The summed E-state index contributed by atoms with van der Waals surface area (Å²) in [6.45, 7) is 0.745. The zero-order chi connectivity index (χ0) is 13.5. The van der Waals surface area contributed by atoms with Gasteiger partial charge in [-0.1, -0.05) is 11.3 Å². The van der Waals surface area contributed by atoms with Crippen LogP contribution in [0.25, 0.3) is 0 Å². The van der Waals surface area contributed by atoms with Gasteiger partial charge in [-0.2, -0.15) is 4.31 Å². The Balaban J connectivity index is 1.64. The fourth-order valence-corrected chi connectivity index (χ4v) is 5.87. The van der Waals surface area contributed by atoms with E-state index < -0.39 is 10.0 Å². The van der Waals surface area contributed by atoms with Crippen LogP contribution in [0.4, 0.5) is 0 Å². The first-order valence-corrected chi connectivity index (χ1v) is 9.30. The molecule has 0 aromatic carbocycles. The van der Waals surface area contributed by atoms with Crippen molar-refractivity contribution in [3.63, 3.8) is 0 Å². The lowest BCUT2D eigenvalue weighted by atomic mass is 10.2. The molecular formula is C10H9BrN2O3S3. The van der Waals surface area contributed by atoms with Gasteiger partial charge in [0.25, 0.3) is 15.2 Å². The van der Waals surface area contributed by atoms with Crippen molar-refractivity contribution < 1.29 is 13.2 Å². The fraction of sp³-hybridized carbons (Fsp3) is 0.300. The molecule has 102 valence electrons. The summed E-state index contributed by atoms with van der Waals surface area (Å²) >= 11 is 5.89. The van der Waals surface area contributed by atoms with Gasteiger partial charge in [0, 0.05) is 11.6 Å². The Bertz CT molecular complexity index is 662. The molecule has 3 rings (SSSR count). The van der Waals surface area contributed by atoms with Gasteiger partial charge in [-0.15, -0.1) is 11.3 Å². The van der Waals surface area contributed by atoms with Crippen LogP contribution in [0, 0.1) is 0 Å². The number of rotatable bonds is 4. The van der Waals surface area contributed by atoms with Crippen LogP contribution in [0.2, 0.25) is 0 Å². The fourth-order valence-electron chi connectivity index (χ4n) is 1.65. The summed E-state index contributed by atoms with van der Waals surface area (Å²) in [4.78, 5) is 4.01.